The van der Waals surface area contributed by atoms with Crippen LogP contribution in [0.15, 0.2) is 11.8 Å². The first kappa shape index (κ1) is 31.5. The molecule has 0 amide bonds. The molecule has 1 aliphatic carbocycles. The second-order valence-electron chi connectivity index (χ2n) is 12.7. The minimum absolute atomic E-state index is 0.610. The van der Waals surface area contributed by atoms with Gasteiger partial charge in [0, 0.05) is 12.2 Å². The van der Waals surface area contributed by atoms with Gasteiger partial charge in [0.15, 0.2) is 0 Å². The van der Waals surface area contributed by atoms with Crippen LogP contribution in [0.4, 0.5) is 4.39 Å². The second kappa shape index (κ2) is 17.8. The van der Waals surface area contributed by atoms with E-state index < -0.39 is 6.17 Å². The van der Waals surface area contributed by atoms with Crippen molar-refractivity contribution in [3.8, 4) is 0 Å². The van der Waals surface area contributed by atoms with E-state index in [1.165, 1.54) is 63.5 Å². The van der Waals surface area contributed by atoms with Crippen molar-refractivity contribution >= 4 is 0 Å². The Labute approximate surface area is 214 Å². The van der Waals surface area contributed by atoms with Gasteiger partial charge in [0.2, 0.25) is 0 Å². The quantitative estimate of drug-likeness (QED) is 0.232. The Hall–Kier alpha value is -0.530. The van der Waals surface area contributed by atoms with E-state index >= 15 is 0 Å². The molecule has 4 unspecified atom stereocenters. The van der Waals surface area contributed by atoms with Crippen LogP contribution in [0.2, 0.25) is 0 Å². The Bertz CT molecular complexity index is 515. The number of halogens is 1. The molecule has 34 heavy (non-hydrogen) atoms. The van der Waals surface area contributed by atoms with Gasteiger partial charge in [-0.25, -0.2) is 4.39 Å². The molecule has 0 heterocycles. The molecule has 1 N–H and O–H groups in total. The average Bonchev–Trinajstić information content (AvgIpc) is 2.75. The summed E-state index contributed by atoms with van der Waals surface area (Å²) in [6.45, 7) is 19.6. The molecule has 0 aromatic carbocycles. The lowest BCUT2D eigenvalue weighted by atomic mass is 9.71. The standard InChI is InChI=1S/C32H62FN/c1-9-28(14-13-19-31(33)10-2)23-34-27(8)21-26(7)22-32(25(5)6)30-17-11-15-29(16-12-18-30)20-24(3)4/h21,24-26,28-32,34H,9-20,22-23H2,1-8H3/b27-21+. The topological polar surface area (TPSA) is 12.0 Å². The Morgan fingerprint density at radius 2 is 1.59 bits per heavy atom. The Kier molecular flexibility index (Phi) is 16.5. The van der Waals surface area contributed by atoms with Crippen LogP contribution in [-0.2, 0) is 0 Å². The van der Waals surface area contributed by atoms with Crippen LogP contribution < -0.4 is 5.32 Å². The van der Waals surface area contributed by atoms with Crippen molar-refractivity contribution in [2.75, 3.05) is 6.54 Å². The summed E-state index contributed by atoms with van der Waals surface area (Å²) in [6.07, 6.45) is 18.0. The highest BCUT2D eigenvalue weighted by molar-refractivity contribution is 4.99. The van der Waals surface area contributed by atoms with Crippen LogP contribution >= 0.6 is 0 Å². The van der Waals surface area contributed by atoms with E-state index in [1.807, 2.05) is 6.92 Å². The second-order valence-corrected chi connectivity index (χ2v) is 12.7. The molecule has 1 nitrogen and oxygen atoms in total. The molecule has 202 valence electrons. The van der Waals surface area contributed by atoms with E-state index in [2.05, 4.69) is 59.9 Å². The van der Waals surface area contributed by atoms with Crippen LogP contribution in [0.3, 0.4) is 0 Å². The number of allylic oxidation sites excluding steroid dienone is 2. The highest BCUT2D eigenvalue weighted by atomic mass is 19.1. The minimum Gasteiger partial charge on any atom is -0.389 e. The third-order valence-corrected chi connectivity index (χ3v) is 8.64. The SMILES string of the molecule is CCC(F)CCCC(CC)CN/C(C)=C/C(C)CC(C(C)C)C1CCCC(CC(C)C)CCC1. The molecule has 0 saturated heterocycles. The third-order valence-electron chi connectivity index (χ3n) is 8.64. The normalized spacial score (nSPS) is 23.9. The molecule has 0 aliphatic heterocycles. The fourth-order valence-electron chi connectivity index (χ4n) is 6.54. The number of rotatable bonds is 16. The van der Waals surface area contributed by atoms with Crippen molar-refractivity contribution in [3.05, 3.63) is 11.8 Å². The first-order chi connectivity index (χ1) is 16.2. The molecule has 0 aromatic rings. The van der Waals surface area contributed by atoms with Crippen LogP contribution in [0.25, 0.3) is 0 Å². The average molecular weight is 480 g/mol. The molecular weight excluding hydrogens is 417 g/mol. The largest absolute Gasteiger partial charge is 0.389 e. The highest BCUT2D eigenvalue weighted by Gasteiger charge is 2.27. The molecule has 0 spiro atoms. The Morgan fingerprint density at radius 3 is 2.12 bits per heavy atom. The maximum absolute atomic E-state index is 13.5. The van der Waals surface area contributed by atoms with E-state index in [-0.39, 0.29) is 0 Å². The zero-order valence-electron chi connectivity index (χ0n) is 24.5. The Balaban J connectivity index is 2.52. The minimum atomic E-state index is -0.610. The van der Waals surface area contributed by atoms with Crippen molar-refractivity contribution < 1.29 is 4.39 Å². The van der Waals surface area contributed by atoms with Gasteiger partial charge < -0.3 is 5.32 Å². The molecule has 1 saturated carbocycles. The van der Waals surface area contributed by atoms with Gasteiger partial charge in [-0.3, -0.25) is 0 Å². The summed E-state index contributed by atoms with van der Waals surface area (Å²) in [4.78, 5) is 0. The summed E-state index contributed by atoms with van der Waals surface area (Å²) in [5.74, 6) is 5.63. The monoisotopic (exact) mass is 479 g/mol. The number of alkyl halides is 1. The van der Waals surface area contributed by atoms with Gasteiger partial charge in [0.05, 0.1) is 6.17 Å². The van der Waals surface area contributed by atoms with Gasteiger partial charge in [-0.05, 0) is 80.5 Å². The summed E-state index contributed by atoms with van der Waals surface area (Å²) in [5.41, 5.74) is 1.33. The lowest BCUT2D eigenvalue weighted by molar-refractivity contribution is 0.170. The first-order valence-corrected chi connectivity index (χ1v) is 15.2. The van der Waals surface area contributed by atoms with E-state index in [1.54, 1.807) is 0 Å². The van der Waals surface area contributed by atoms with Crippen molar-refractivity contribution in [1.82, 2.24) is 5.32 Å². The van der Waals surface area contributed by atoms with E-state index in [0.717, 1.165) is 55.4 Å². The van der Waals surface area contributed by atoms with Gasteiger partial charge in [-0.2, -0.15) is 0 Å². The van der Waals surface area contributed by atoms with Gasteiger partial charge in [-0.1, -0.05) is 106 Å². The molecule has 1 rings (SSSR count). The third kappa shape index (κ3) is 13.5. The lowest BCUT2D eigenvalue weighted by Gasteiger charge is -2.34. The zero-order chi connectivity index (χ0) is 25.5. The predicted molar refractivity (Wildman–Crippen MR) is 151 cm³/mol. The molecular formula is C32H62FN. The van der Waals surface area contributed by atoms with E-state index in [9.17, 15) is 4.39 Å². The van der Waals surface area contributed by atoms with Crippen molar-refractivity contribution in [2.45, 2.75) is 145 Å². The summed E-state index contributed by atoms with van der Waals surface area (Å²) < 4.78 is 13.5. The van der Waals surface area contributed by atoms with Gasteiger partial charge in [0.25, 0.3) is 0 Å². The predicted octanol–water partition coefficient (Wildman–Crippen LogP) is 10.4. The smallest absolute Gasteiger partial charge is 0.0999 e. The van der Waals surface area contributed by atoms with Crippen LogP contribution in [0.5, 0.6) is 0 Å². The first-order valence-electron chi connectivity index (χ1n) is 15.2. The van der Waals surface area contributed by atoms with Crippen molar-refractivity contribution in [2.24, 2.45) is 41.4 Å². The molecule has 0 bridgehead atoms. The summed E-state index contributed by atoms with van der Waals surface area (Å²) >= 11 is 0. The maximum atomic E-state index is 13.5. The van der Waals surface area contributed by atoms with Crippen molar-refractivity contribution in [1.29, 1.82) is 0 Å². The van der Waals surface area contributed by atoms with Gasteiger partial charge >= 0.3 is 0 Å². The summed E-state index contributed by atoms with van der Waals surface area (Å²) in [7, 11) is 0. The molecule has 1 fully saturated rings. The number of nitrogens with one attached hydrogen (secondary N) is 1. The van der Waals surface area contributed by atoms with Gasteiger partial charge in [-0.15, -0.1) is 0 Å². The lowest BCUT2D eigenvalue weighted by Crippen LogP contribution is -2.25. The Morgan fingerprint density at radius 1 is 0.941 bits per heavy atom. The van der Waals surface area contributed by atoms with Crippen LogP contribution in [0.1, 0.15) is 139 Å². The molecule has 1 aliphatic rings. The molecule has 4 atom stereocenters. The molecule has 0 radical (unpaired) electrons. The summed E-state index contributed by atoms with van der Waals surface area (Å²) in [5, 5.41) is 3.70. The highest BCUT2D eigenvalue weighted by Crippen LogP contribution is 2.38. The van der Waals surface area contributed by atoms with Gasteiger partial charge in [0.1, 0.15) is 0 Å². The number of hydrogen-bond acceptors (Lipinski definition) is 1. The van der Waals surface area contributed by atoms with Crippen LogP contribution in [-0.4, -0.2) is 12.7 Å². The summed E-state index contributed by atoms with van der Waals surface area (Å²) in [6, 6.07) is 0. The molecule has 2 heteroatoms. The maximum Gasteiger partial charge on any atom is 0.0999 e. The fourth-order valence-corrected chi connectivity index (χ4v) is 6.54. The zero-order valence-corrected chi connectivity index (χ0v) is 24.5. The van der Waals surface area contributed by atoms with Crippen molar-refractivity contribution in [3.63, 3.8) is 0 Å². The van der Waals surface area contributed by atoms with E-state index in [4.69, 9.17) is 0 Å². The molecule has 0 aromatic heterocycles. The van der Waals surface area contributed by atoms with Crippen LogP contribution in [0, 0.1) is 41.4 Å². The van der Waals surface area contributed by atoms with E-state index in [0.29, 0.717) is 18.3 Å². The number of hydrogen-bond donors (Lipinski definition) is 1. The fraction of sp³-hybridized carbons (Fsp3) is 0.938.